The van der Waals surface area contributed by atoms with E-state index in [-0.39, 0.29) is 30.0 Å². The number of non-ortho nitro benzene ring substituents is 1. The normalized spacial score (nSPS) is 15.1. The third kappa shape index (κ3) is 4.93. The van der Waals surface area contributed by atoms with Crippen molar-refractivity contribution < 1.29 is 19.2 Å². The fraction of sp³-hybridized carbons (Fsp3) is 0.100. The zero-order valence-electron chi connectivity index (χ0n) is 15.0. The fourth-order valence-corrected chi connectivity index (χ4v) is 3.78. The van der Waals surface area contributed by atoms with Gasteiger partial charge < -0.3 is 4.74 Å². The molecule has 2 aromatic rings. The molecule has 0 aliphatic carbocycles. The summed E-state index contributed by atoms with van der Waals surface area (Å²) >= 11 is 4.26. The topological polar surface area (TPSA) is 89.8 Å². The van der Waals surface area contributed by atoms with E-state index in [9.17, 15) is 19.7 Å². The molecule has 2 amide bonds. The van der Waals surface area contributed by atoms with Crippen LogP contribution in [0.2, 0.25) is 0 Å². The number of nitro groups is 1. The Labute approximate surface area is 179 Å². The third-order valence-electron chi connectivity index (χ3n) is 3.99. The first kappa shape index (κ1) is 20.8. The molecular formula is C20H15BrN2O5S. The number of hydrogen-bond acceptors (Lipinski definition) is 6. The van der Waals surface area contributed by atoms with Crippen LogP contribution in [0.25, 0.3) is 6.08 Å². The largest absolute Gasteiger partial charge is 0.488 e. The van der Waals surface area contributed by atoms with Crippen LogP contribution < -0.4 is 4.74 Å². The molecule has 1 heterocycles. The summed E-state index contributed by atoms with van der Waals surface area (Å²) < 4.78 is 6.64. The summed E-state index contributed by atoms with van der Waals surface area (Å²) in [7, 11) is 0. The van der Waals surface area contributed by atoms with Crippen molar-refractivity contribution in [3.63, 3.8) is 0 Å². The first-order valence-corrected chi connectivity index (χ1v) is 10.0. The Kier molecular flexibility index (Phi) is 6.50. The average Bonchev–Trinajstić information content (AvgIpc) is 2.95. The van der Waals surface area contributed by atoms with E-state index in [1.807, 2.05) is 0 Å². The molecule has 7 nitrogen and oxygen atoms in total. The van der Waals surface area contributed by atoms with Gasteiger partial charge in [0.2, 0.25) is 0 Å². The van der Waals surface area contributed by atoms with Gasteiger partial charge in [-0.25, -0.2) is 0 Å². The van der Waals surface area contributed by atoms with Gasteiger partial charge in [-0.1, -0.05) is 22.0 Å². The highest BCUT2D eigenvalue weighted by atomic mass is 79.9. The number of ether oxygens (including phenoxy) is 1. The maximum atomic E-state index is 12.4. The molecule has 0 atom stereocenters. The predicted molar refractivity (Wildman–Crippen MR) is 114 cm³/mol. The molecular weight excluding hydrogens is 460 g/mol. The maximum Gasteiger partial charge on any atom is 0.293 e. The molecule has 148 valence electrons. The zero-order chi connectivity index (χ0) is 21.0. The second-order valence-corrected chi connectivity index (χ2v) is 7.88. The Morgan fingerprint density at radius 1 is 1.21 bits per heavy atom. The van der Waals surface area contributed by atoms with Gasteiger partial charge >= 0.3 is 0 Å². The minimum absolute atomic E-state index is 0.00771. The highest BCUT2D eigenvalue weighted by molar-refractivity contribution is 9.10. The molecule has 0 saturated carbocycles. The third-order valence-corrected chi connectivity index (χ3v) is 5.39. The van der Waals surface area contributed by atoms with Crippen LogP contribution in [-0.2, 0) is 11.4 Å². The van der Waals surface area contributed by atoms with E-state index in [2.05, 4.69) is 22.5 Å². The van der Waals surface area contributed by atoms with Gasteiger partial charge in [0.05, 0.1) is 9.83 Å². The summed E-state index contributed by atoms with van der Waals surface area (Å²) in [5, 5.41) is 10.4. The predicted octanol–water partition coefficient (Wildman–Crippen LogP) is 5.16. The van der Waals surface area contributed by atoms with Crippen molar-refractivity contribution in [3.8, 4) is 5.75 Å². The number of benzene rings is 2. The molecule has 29 heavy (non-hydrogen) atoms. The van der Waals surface area contributed by atoms with Crippen molar-refractivity contribution in [2.75, 3.05) is 6.54 Å². The van der Waals surface area contributed by atoms with Crippen LogP contribution in [-0.4, -0.2) is 27.5 Å². The Morgan fingerprint density at radius 2 is 1.93 bits per heavy atom. The van der Waals surface area contributed by atoms with Crippen molar-refractivity contribution in [2.24, 2.45) is 0 Å². The minimum Gasteiger partial charge on any atom is -0.488 e. The van der Waals surface area contributed by atoms with Crippen molar-refractivity contribution in [1.29, 1.82) is 0 Å². The molecule has 0 N–H and O–H groups in total. The molecule has 1 aliphatic rings. The highest BCUT2D eigenvalue weighted by Crippen LogP contribution is 2.35. The van der Waals surface area contributed by atoms with Gasteiger partial charge in [0.25, 0.3) is 16.8 Å². The summed E-state index contributed by atoms with van der Waals surface area (Å²) in [6, 6.07) is 11.4. The lowest BCUT2D eigenvalue weighted by Crippen LogP contribution is -2.27. The van der Waals surface area contributed by atoms with Gasteiger partial charge in [0.1, 0.15) is 12.4 Å². The van der Waals surface area contributed by atoms with E-state index in [1.165, 1.54) is 18.2 Å². The van der Waals surface area contributed by atoms with Crippen LogP contribution in [0.3, 0.4) is 0 Å². The molecule has 0 spiro atoms. The Balaban J connectivity index is 1.81. The number of amides is 2. The van der Waals surface area contributed by atoms with E-state index < -0.39 is 4.92 Å². The maximum absolute atomic E-state index is 12.4. The van der Waals surface area contributed by atoms with Gasteiger partial charge in [0.15, 0.2) is 0 Å². The first-order valence-electron chi connectivity index (χ1n) is 8.41. The Morgan fingerprint density at radius 3 is 2.59 bits per heavy atom. The lowest BCUT2D eigenvalue weighted by Gasteiger charge is -2.11. The number of thioether (sulfide) groups is 1. The number of carbonyl (C=O) groups excluding carboxylic acids is 2. The number of halogens is 1. The van der Waals surface area contributed by atoms with Gasteiger partial charge in [-0.2, -0.15) is 0 Å². The molecule has 1 aliphatic heterocycles. The van der Waals surface area contributed by atoms with Crippen LogP contribution in [0.15, 0.2) is 64.5 Å². The lowest BCUT2D eigenvalue weighted by atomic mass is 10.1. The molecule has 0 unspecified atom stereocenters. The van der Waals surface area contributed by atoms with Gasteiger partial charge in [-0.3, -0.25) is 24.6 Å². The van der Waals surface area contributed by atoms with Crippen LogP contribution in [0.5, 0.6) is 5.75 Å². The Bertz CT molecular complexity index is 1020. The quantitative estimate of drug-likeness (QED) is 0.238. The Hall–Kier alpha value is -2.91. The number of nitrogens with zero attached hydrogens (tertiary/aromatic N) is 2. The lowest BCUT2D eigenvalue weighted by molar-refractivity contribution is -0.384. The second kappa shape index (κ2) is 9.06. The summed E-state index contributed by atoms with van der Waals surface area (Å²) in [5.74, 6) is 0.142. The molecule has 3 rings (SSSR count). The molecule has 1 fully saturated rings. The number of rotatable bonds is 7. The van der Waals surface area contributed by atoms with Crippen molar-refractivity contribution in [1.82, 2.24) is 4.90 Å². The standard InChI is InChI=1S/C20H15BrN2O5S/c1-2-9-22-19(24)18(29-20(22)25)11-14-10-15(21)5-8-17(14)28-12-13-3-6-16(7-4-13)23(26)27/h2-8,10-11H,1,9,12H2/b18-11+. The van der Waals surface area contributed by atoms with Crippen molar-refractivity contribution in [3.05, 3.63) is 85.7 Å². The summed E-state index contributed by atoms with van der Waals surface area (Å²) in [5.41, 5.74) is 1.40. The van der Waals surface area contributed by atoms with Crippen LogP contribution >= 0.6 is 27.7 Å². The minimum atomic E-state index is -0.461. The van der Waals surface area contributed by atoms with Gasteiger partial charge in [-0.15, -0.1) is 6.58 Å². The van der Waals surface area contributed by atoms with Gasteiger partial charge in [-0.05, 0) is 53.7 Å². The number of imide groups is 1. The highest BCUT2D eigenvalue weighted by Gasteiger charge is 2.34. The smallest absolute Gasteiger partial charge is 0.293 e. The van der Waals surface area contributed by atoms with Crippen LogP contribution in [0, 0.1) is 10.1 Å². The summed E-state index contributed by atoms with van der Waals surface area (Å²) in [4.78, 5) is 36.1. The summed E-state index contributed by atoms with van der Waals surface area (Å²) in [6.45, 7) is 3.91. The van der Waals surface area contributed by atoms with Crippen LogP contribution in [0.1, 0.15) is 11.1 Å². The van der Waals surface area contributed by atoms with E-state index in [0.29, 0.717) is 16.2 Å². The number of nitro benzene ring substituents is 1. The molecule has 0 bridgehead atoms. The molecule has 9 heteroatoms. The molecule has 2 aromatic carbocycles. The van der Waals surface area contributed by atoms with E-state index in [0.717, 1.165) is 26.7 Å². The second-order valence-electron chi connectivity index (χ2n) is 5.98. The monoisotopic (exact) mass is 474 g/mol. The van der Waals surface area contributed by atoms with Crippen molar-refractivity contribution >= 4 is 50.6 Å². The molecule has 1 saturated heterocycles. The SMILES string of the molecule is C=CCN1C(=O)S/C(=C/c2cc(Br)ccc2OCc2ccc([N+](=O)[O-])cc2)C1=O. The van der Waals surface area contributed by atoms with Gasteiger partial charge in [0, 0.05) is 28.7 Å². The first-order chi connectivity index (χ1) is 13.9. The molecule has 0 aromatic heterocycles. The molecule has 0 radical (unpaired) electrons. The number of hydrogen-bond donors (Lipinski definition) is 0. The average molecular weight is 475 g/mol. The number of carbonyl (C=O) groups is 2. The van der Waals surface area contributed by atoms with Crippen molar-refractivity contribution in [2.45, 2.75) is 6.61 Å². The van der Waals surface area contributed by atoms with E-state index in [4.69, 9.17) is 4.74 Å². The fourth-order valence-electron chi connectivity index (χ4n) is 2.57. The van der Waals surface area contributed by atoms with Crippen LogP contribution in [0.4, 0.5) is 10.5 Å². The van der Waals surface area contributed by atoms with E-state index in [1.54, 1.807) is 36.4 Å². The summed E-state index contributed by atoms with van der Waals surface area (Å²) in [6.07, 6.45) is 3.11. The zero-order valence-corrected chi connectivity index (χ0v) is 17.4. The van der Waals surface area contributed by atoms with E-state index >= 15 is 0 Å².